The maximum Gasteiger partial charge on any atom is 0.262 e. The summed E-state index contributed by atoms with van der Waals surface area (Å²) >= 11 is 0. The van der Waals surface area contributed by atoms with E-state index >= 15 is 0 Å². The number of para-hydroxylation sites is 1. The number of amides is 1. The van der Waals surface area contributed by atoms with Crippen molar-refractivity contribution in [1.82, 2.24) is 4.31 Å². The lowest BCUT2D eigenvalue weighted by atomic mass is 10.2. The van der Waals surface area contributed by atoms with Gasteiger partial charge in [-0.3, -0.25) is 4.79 Å². The third-order valence-corrected chi connectivity index (χ3v) is 6.17. The smallest absolute Gasteiger partial charge is 0.262 e. The van der Waals surface area contributed by atoms with Gasteiger partial charge >= 0.3 is 0 Å². The van der Waals surface area contributed by atoms with Crippen LogP contribution in [0.25, 0.3) is 0 Å². The van der Waals surface area contributed by atoms with E-state index in [0.717, 1.165) is 18.4 Å². The van der Waals surface area contributed by atoms with E-state index in [4.69, 9.17) is 4.74 Å². The fraction of sp³-hybridized carbons (Fsp3) is 0.316. The number of nitrogens with one attached hydrogen (secondary N) is 1. The molecular weight excluding hydrogens is 352 g/mol. The highest BCUT2D eigenvalue weighted by molar-refractivity contribution is 7.89. The molecule has 2 aromatic carbocycles. The highest BCUT2D eigenvalue weighted by Crippen LogP contribution is 2.23. The summed E-state index contributed by atoms with van der Waals surface area (Å²) in [5.41, 5.74) is 1.38. The summed E-state index contributed by atoms with van der Waals surface area (Å²) in [4.78, 5) is 12.3. The van der Waals surface area contributed by atoms with Gasteiger partial charge in [-0.05, 0) is 49.6 Å². The molecule has 0 radical (unpaired) electrons. The quantitative estimate of drug-likeness (QED) is 0.844. The maximum atomic E-state index is 12.6. The molecule has 0 aromatic heterocycles. The molecule has 0 aliphatic carbocycles. The van der Waals surface area contributed by atoms with Crippen molar-refractivity contribution in [3.8, 4) is 5.75 Å². The SMILES string of the molecule is Cc1ccccc1OCC(=O)Nc1cccc(S(=O)(=O)N2CCCC2)c1. The molecule has 0 bridgehead atoms. The van der Waals surface area contributed by atoms with Crippen LogP contribution in [0, 0.1) is 6.92 Å². The highest BCUT2D eigenvalue weighted by Gasteiger charge is 2.27. The van der Waals surface area contributed by atoms with Gasteiger partial charge in [-0.1, -0.05) is 24.3 Å². The monoisotopic (exact) mass is 374 g/mol. The van der Waals surface area contributed by atoms with Crippen molar-refractivity contribution in [2.24, 2.45) is 0 Å². The van der Waals surface area contributed by atoms with Crippen LogP contribution in [0.5, 0.6) is 5.75 Å². The molecule has 1 saturated heterocycles. The van der Waals surface area contributed by atoms with Gasteiger partial charge in [-0.2, -0.15) is 4.31 Å². The summed E-state index contributed by atoms with van der Waals surface area (Å²) in [5, 5.41) is 2.69. The molecule has 1 heterocycles. The molecule has 1 amide bonds. The van der Waals surface area contributed by atoms with Crippen LogP contribution >= 0.6 is 0 Å². The first-order valence-electron chi connectivity index (χ1n) is 8.55. The minimum absolute atomic E-state index is 0.145. The Morgan fingerprint density at radius 3 is 2.58 bits per heavy atom. The van der Waals surface area contributed by atoms with Crippen molar-refractivity contribution >= 4 is 21.6 Å². The van der Waals surface area contributed by atoms with Crippen molar-refractivity contribution in [1.29, 1.82) is 0 Å². The normalized spacial score (nSPS) is 15.0. The second kappa shape index (κ2) is 7.88. The number of nitrogens with zero attached hydrogens (tertiary/aromatic N) is 1. The standard InChI is InChI=1S/C19H22N2O4S/c1-15-7-2-3-10-18(15)25-14-19(22)20-16-8-6-9-17(13-16)26(23,24)21-11-4-5-12-21/h2-3,6-10,13H,4-5,11-12,14H2,1H3,(H,20,22). The van der Waals surface area contributed by atoms with Crippen LogP contribution < -0.4 is 10.1 Å². The third-order valence-electron chi connectivity index (χ3n) is 4.27. The average molecular weight is 374 g/mol. The van der Waals surface area contributed by atoms with Crippen molar-refractivity contribution in [3.63, 3.8) is 0 Å². The van der Waals surface area contributed by atoms with E-state index in [1.165, 1.54) is 10.4 Å². The van der Waals surface area contributed by atoms with Gasteiger partial charge in [0.15, 0.2) is 6.61 Å². The Hall–Kier alpha value is -2.38. The molecule has 1 aliphatic heterocycles. The summed E-state index contributed by atoms with van der Waals surface area (Å²) in [7, 11) is -3.51. The topological polar surface area (TPSA) is 75.7 Å². The van der Waals surface area contributed by atoms with E-state index in [0.29, 0.717) is 24.5 Å². The zero-order valence-corrected chi connectivity index (χ0v) is 15.5. The van der Waals surface area contributed by atoms with Gasteiger partial charge < -0.3 is 10.1 Å². The lowest BCUT2D eigenvalue weighted by Crippen LogP contribution is -2.28. The zero-order valence-electron chi connectivity index (χ0n) is 14.6. The molecule has 0 spiro atoms. The summed E-state index contributed by atoms with van der Waals surface area (Å²) in [6, 6.07) is 13.8. The molecule has 6 nitrogen and oxygen atoms in total. The molecule has 3 rings (SSSR count). The fourth-order valence-corrected chi connectivity index (χ4v) is 4.43. The minimum atomic E-state index is -3.51. The van der Waals surface area contributed by atoms with E-state index < -0.39 is 10.0 Å². The van der Waals surface area contributed by atoms with Crippen LogP contribution in [-0.4, -0.2) is 38.3 Å². The Morgan fingerprint density at radius 2 is 1.85 bits per heavy atom. The van der Waals surface area contributed by atoms with Crippen molar-refractivity contribution < 1.29 is 17.9 Å². The Morgan fingerprint density at radius 1 is 1.12 bits per heavy atom. The first-order valence-corrected chi connectivity index (χ1v) is 9.99. The van der Waals surface area contributed by atoms with Gasteiger partial charge in [0.25, 0.3) is 5.91 Å². The number of aryl methyl sites for hydroxylation is 1. The number of hydrogen-bond donors (Lipinski definition) is 1. The molecule has 26 heavy (non-hydrogen) atoms. The first kappa shape index (κ1) is 18.4. The van der Waals surface area contributed by atoms with Gasteiger partial charge in [0.05, 0.1) is 4.90 Å². The van der Waals surface area contributed by atoms with E-state index in [-0.39, 0.29) is 17.4 Å². The number of benzene rings is 2. The molecule has 1 aliphatic rings. The van der Waals surface area contributed by atoms with Crippen LogP contribution in [0.1, 0.15) is 18.4 Å². The van der Waals surface area contributed by atoms with E-state index in [1.807, 2.05) is 25.1 Å². The van der Waals surface area contributed by atoms with Crippen LogP contribution in [0.2, 0.25) is 0 Å². The Bertz CT molecular complexity index is 890. The molecule has 2 aromatic rings. The van der Waals surface area contributed by atoms with Crippen molar-refractivity contribution in [3.05, 3.63) is 54.1 Å². The molecular formula is C19H22N2O4S. The van der Waals surface area contributed by atoms with Crippen LogP contribution in [0.4, 0.5) is 5.69 Å². The highest BCUT2D eigenvalue weighted by atomic mass is 32.2. The molecule has 0 unspecified atom stereocenters. The average Bonchev–Trinajstić information content (AvgIpc) is 3.17. The molecule has 7 heteroatoms. The predicted molar refractivity (Wildman–Crippen MR) is 99.7 cm³/mol. The number of rotatable bonds is 6. The number of anilines is 1. The van der Waals surface area contributed by atoms with Crippen LogP contribution in [0.15, 0.2) is 53.4 Å². The maximum absolute atomic E-state index is 12.6. The summed E-state index contributed by atoms with van der Waals surface area (Å²) in [5.74, 6) is 0.303. The largest absolute Gasteiger partial charge is 0.483 e. The Kier molecular flexibility index (Phi) is 5.58. The lowest BCUT2D eigenvalue weighted by Gasteiger charge is -2.16. The Labute approximate surface area is 153 Å². The first-order chi connectivity index (χ1) is 12.5. The molecule has 1 fully saturated rings. The van der Waals surface area contributed by atoms with Gasteiger partial charge in [0.2, 0.25) is 10.0 Å². The van der Waals surface area contributed by atoms with Crippen molar-refractivity contribution in [2.45, 2.75) is 24.7 Å². The number of carbonyl (C=O) groups is 1. The van der Waals surface area contributed by atoms with Crippen molar-refractivity contribution in [2.75, 3.05) is 25.0 Å². The van der Waals surface area contributed by atoms with Crippen LogP contribution in [0.3, 0.4) is 0 Å². The summed E-state index contributed by atoms with van der Waals surface area (Å²) < 4.78 is 32.2. The van der Waals surface area contributed by atoms with Gasteiger partial charge in [0, 0.05) is 18.8 Å². The number of sulfonamides is 1. The van der Waals surface area contributed by atoms with E-state index in [1.54, 1.807) is 24.3 Å². The van der Waals surface area contributed by atoms with Gasteiger partial charge in [0.1, 0.15) is 5.75 Å². The number of hydrogen-bond acceptors (Lipinski definition) is 4. The summed E-state index contributed by atoms with van der Waals surface area (Å²) in [6.07, 6.45) is 1.76. The van der Waals surface area contributed by atoms with E-state index in [9.17, 15) is 13.2 Å². The molecule has 0 saturated carbocycles. The number of carbonyl (C=O) groups excluding carboxylic acids is 1. The van der Waals surface area contributed by atoms with E-state index in [2.05, 4.69) is 5.32 Å². The Balaban J connectivity index is 1.65. The van der Waals surface area contributed by atoms with Gasteiger partial charge in [-0.25, -0.2) is 8.42 Å². The third kappa shape index (κ3) is 4.23. The second-order valence-electron chi connectivity index (χ2n) is 6.24. The lowest BCUT2D eigenvalue weighted by molar-refractivity contribution is -0.118. The summed E-state index contributed by atoms with van der Waals surface area (Å²) in [6.45, 7) is 2.85. The minimum Gasteiger partial charge on any atom is -0.483 e. The second-order valence-corrected chi connectivity index (χ2v) is 8.18. The van der Waals surface area contributed by atoms with Gasteiger partial charge in [-0.15, -0.1) is 0 Å². The zero-order chi connectivity index (χ0) is 18.6. The molecule has 0 atom stereocenters. The molecule has 1 N–H and O–H groups in total. The van der Waals surface area contributed by atoms with Crippen LogP contribution in [-0.2, 0) is 14.8 Å². The number of ether oxygens (including phenoxy) is 1. The predicted octanol–water partition coefficient (Wildman–Crippen LogP) is 2.80. The fourth-order valence-electron chi connectivity index (χ4n) is 2.87. The molecule has 138 valence electrons.